The normalized spacial score (nSPS) is 12.8. The molecule has 1 N–H and O–H groups in total. The predicted molar refractivity (Wildman–Crippen MR) is 43.9 cm³/mol. The van der Waals surface area contributed by atoms with Crippen LogP contribution in [-0.4, -0.2) is 26.4 Å². The predicted octanol–water partition coefficient (Wildman–Crippen LogP) is 1.87. The van der Waals surface area contributed by atoms with Gasteiger partial charge in [0, 0.05) is 0 Å². The zero-order chi connectivity index (χ0) is 6.78. The molecule has 1 nitrogen and oxygen atoms in total. The second kappa shape index (κ2) is 3.67. The first-order chi connectivity index (χ1) is 3.42. The summed E-state index contributed by atoms with van der Waals surface area (Å²) in [6.45, 7) is 6.57. The van der Waals surface area contributed by atoms with Gasteiger partial charge < -0.3 is 0 Å². The van der Waals surface area contributed by atoms with Crippen LogP contribution < -0.4 is 3.14 Å². The first-order valence-corrected chi connectivity index (χ1v) is 13.6. The second-order valence-electron chi connectivity index (χ2n) is 2.59. The van der Waals surface area contributed by atoms with Crippen LogP contribution in [-0.2, 0) is 0 Å². The van der Waals surface area contributed by atoms with E-state index in [0.717, 1.165) is 0 Å². The van der Waals surface area contributed by atoms with Crippen molar-refractivity contribution in [1.29, 1.82) is 0 Å². The van der Waals surface area contributed by atoms with E-state index >= 15 is 0 Å². The Morgan fingerprint density at radius 3 is 1.62 bits per heavy atom. The van der Waals surface area contributed by atoms with Crippen molar-refractivity contribution in [3.63, 3.8) is 0 Å². The standard InChI is InChI=1S/C3H10NSi.2ClH.Sb/c1-5(2,3)4;;;/h4H,1-3H3;2*1H;/q-1;;;+3/p-2. The van der Waals surface area contributed by atoms with E-state index in [1.165, 1.54) is 0 Å². The van der Waals surface area contributed by atoms with Gasteiger partial charge in [0.05, 0.1) is 0 Å². The van der Waals surface area contributed by atoms with Crippen LogP contribution in [0.5, 0.6) is 0 Å². The molecule has 0 saturated heterocycles. The van der Waals surface area contributed by atoms with Crippen LogP contribution in [0.15, 0.2) is 0 Å². The van der Waals surface area contributed by atoms with E-state index in [9.17, 15) is 0 Å². The molecule has 0 aliphatic carbocycles. The minimum atomic E-state index is -1.90. The SMILES string of the molecule is C[Si](C)(C)[NH][Sb]([Cl])[Cl]. The van der Waals surface area contributed by atoms with E-state index in [2.05, 4.69) is 22.8 Å². The van der Waals surface area contributed by atoms with E-state index in [0.29, 0.717) is 0 Å². The van der Waals surface area contributed by atoms with Crippen molar-refractivity contribution in [3.05, 3.63) is 0 Å². The van der Waals surface area contributed by atoms with Gasteiger partial charge in [0.1, 0.15) is 0 Å². The van der Waals surface area contributed by atoms with Crippen molar-refractivity contribution < 1.29 is 0 Å². The molecule has 0 rings (SSSR count). The number of hydrogen-bond donors (Lipinski definition) is 1. The summed E-state index contributed by atoms with van der Waals surface area (Å²) in [5.74, 6) is 0. The quantitative estimate of drug-likeness (QED) is 0.762. The molecule has 0 bridgehead atoms. The van der Waals surface area contributed by atoms with E-state index < -0.39 is 26.4 Å². The fourth-order valence-electron chi connectivity index (χ4n) is 0.254. The Morgan fingerprint density at radius 2 is 1.62 bits per heavy atom. The summed E-state index contributed by atoms with van der Waals surface area (Å²) in [4.78, 5) is 0. The molecule has 0 fully saturated rings. The van der Waals surface area contributed by atoms with Crippen LogP contribution in [0, 0.1) is 0 Å². The molecule has 0 radical (unpaired) electrons. The van der Waals surface area contributed by atoms with Crippen molar-refractivity contribution in [2.75, 3.05) is 0 Å². The molecule has 0 aromatic rings. The van der Waals surface area contributed by atoms with Crippen molar-refractivity contribution in [3.8, 4) is 0 Å². The molecule has 5 heteroatoms. The zero-order valence-electron chi connectivity index (χ0n) is 5.20. The molecule has 0 unspecified atom stereocenters. The van der Waals surface area contributed by atoms with Crippen LogP contribution in [0.25, 0.3) is 0 Å². The third-order valence-electron chi connectivity index (χ3n) is 0.420. The number of nitrogens with one attached hydrogen (secondary N) is 1. The van der Waals surface area contributed by atoms with Crippen LogP contribution >= 0.6 is 17.7 Å². The van der Waals surface area contributed by atoms with E-state index in [4.69, 9.17) is 17.7 Å². The first-order valence-electron chi connectivity index (χ1n) is 2.31. The average Bonchev–Trinajstić information content (AvgIpc) is 1.21. The fourth-order valence-corrected chi connectivity index (χ4v) is 15.3. The number of halogens is 2. The van der Waals surface area contributed by atoms with Crippen molar-refractivity contribution in [2.24, 2.45) is 0 Å². The van der Waals surface area contributed by atoms with Gasteiger partial charge in [-0.05, 0) is 0 Å². The summed E-state index contributed by atoms with van der Waals surface area (Å²) >= 11 is -1.90. The van der Waals surface area contributed by atoms with Crippen LogP contribution in [0.4, 0.5) is 0 Å². The maximum atomic E-state index is 5.63. The van der Waals surface area contributed by atoms with Gasteiger partial charge in [0.25, 0.3) is 0 Å². The fraction of sp³-hybridized carbons (Fsp3) is 1.00. The van der Waals surface area contributed by atoms with Crippen molar-refractivity contribution in [2.45, 2.75) is 19.6 Å². The molecule has 0 amide bonds. The minimum absolute atomic E-state index is 1.15. The molecular formula is C3H10Cl2NSbSi. The van der Waals surface area contributed by atoms with Crippen LogP contribution in [0.3, 0.4) is 0 Å². The number of rotatable bonds is 2. The molecule has 0 saturated carbocycles. The summed E-state index contributed by atoms with van der Waals surface area (Å²) in [5, 5.41) is 0. The first kappa shape index (κ1) is 9.58. The molecular weight excluding hydrogens is 271 g/mol. The molecule has 0 aliphatic heterocycles. The summed E-state index contributed by atoms with van der Waals surface area (Å²) in [7, 11) is 10.1. The summed E-state index contributed by atoms with van der Waals surface area (Å²) < 4.78 is 3.24. The van der Waals surface area contributed by atoms with E-state index in [1.807, 2.05) is 0 Å². The topological polar surface area (TPSA) is 12.0 Å². The van der Waals surface area contributed by atoms with Gasteiger partial charge in [-0.3, -0.25) is 0 Å². The third kappa shape index (κ3) is 7.58. The van der Waals surface area contributed by atoms with Crippen molar-refractivity contribution >= 4 is 44.1 Å². The molecule has 0 aliphatic rings. The Hall–Kier alpha value is 1.58. The average molecular weight is 281 g/mol. The van der Waals surface area contributed by atoms with Gasteiger partial charge in [-0.15, -0.1) is 0 Å². The summed E-state index contributed by atoms with van der Waals surface area (Å²) in [5.41, 5.74) is 0. The Bertz CT molecular complexity index is 72.2. The van der Waals surface area contributed by atoms with Crippen LogP contribution in [0.1, 0.15) is 0 Å². The molecule has 8 heavy (non-hydrogen) atoms. The van der Waals surface area contributed by atoms with Gasteiger partial charge >= 0.3 is 66.9 Å². The number of hydrogen-bond acceptors (Lipinski definition) is 1. The van der Waals surface area contributed by atoms with Gasteiger partial charge in [-0.25, -0.2) is 0 Å². The Labute approximate surface area is 66.5 Å². The summed E-state index contributed by atoms with van der Waals surface area (Å²) in [6.07, 6.45) is 0. The molecule has 0 atom stereocenters. The molecule has 0 spiro atoms. The Kier molecular flexibility index (Phi) is 4.40. The van der Waals surface area contributed by atoms with Gasteiger partial charge in [0.2, 0.25) is 0 Å². The second-order valence-corrected chi connectivity index (χ2v) is 16.3. The third-order valence-corrected chi connectivity index (χ3v) is 11.9. The van der Waals surface area contributed by atoms with Crippen LogP contribution in [0.2, 0.25) is 19.6 Å². The van der Waals surface area contributed by atoms with E-state index in [-0.39, 0.29) is 0 Å². The summed E-state index contributed by atoms with van der Waals surface area (Å²) in [6, 6.07) is 0. The Balaban J connectivity index is 3.39. The van der Waals surface area contributed by atoms with Crippen molar-refractivity contribution in [1.82, 2.24) is 3.14 Å². The monoisotopic (exact) mass is 279 g/mol. The van der Waals surface area contributed by atoms with E-state index in [1.54, 1.807) is 0 Å². The maximum absolute atomic E-state index is 5.63. The molecule has 50 valence electrons. The van der Waals surface area contributed by atoms with Gasteiger partial charge in [-0.2, -0.15) is 0 Å². The molecule has 0 heterocycles. The molecule has 0 aromatic carbocycles. The van der Waals surface area contributed by atoms with Gasteiger partial charge in [-0.1, -0.05) is 0 Å². The van der Waals surface area contributed by atoms with Gasteiger partial charge in [0.15, 0.2) is 0 Å². The zero-order valence-corrected chi connectivity index (χ0v) is 10.3. The Morgan fingerprint density at radius 1 is 1.25 bits per heavy atom. The molecule has 0 aromatic heterocycles.